The molecule has 1 rings (SSSR count). The van der Waals surface area contributed by atoms with Crippen LogP contribution in [0.5, 0.6) is 0 Å². The summed E-state index contributed by atoms with van der Waals surface area (Å²) in [6.07, 6.45) is 0.888. The number of halogens is 1. The molecule has 58 valence electrons. The number of rotatable bonds is 3. The zero-order chi connectivity index (χ0) is 8.10. The molecular formula is C8H7ClOS. The van der Waals surface area contributed by atoms with Crippen LogP contribution in [0.25, 0.3) is 0 Å². The van der Waals surface area contributed by atoms with Crippen molar-refractivity contribution in [2.75, 3.05) is 5.75 Å². The van der Waals surface area contributed by atoms with Crippen LogP contribution in [0.3, 0.4) is 0 Å². The van der Waals surface area contributed by atoms with E-state index in [1.54, 1.807) is 0 Å². The summed E-state index contributed by atoms with van der Waals surface area (Å²) in [4.78, 5) is 11.1. The molecule has 0 bridgehead atoms. The molecule has 0 radical (unpaired) electrons. The molecule has 1 aromatic carbocycles. The highest BCUT2D eigenvalue weighted by Gasteiger charge is 1.91. The second kappa shape index (κ2) is 4.42. The SMILES string of the molecule is O=CCSc1ccc(Cl)cc1. The molecule has 0 saturated heterocycles. The van der Waals surface area contributed by atoms with E-state index in [-0.39, 0.29) is 0 Å². The molecule has 0 aliphatic heterocycles. The lowest BCUT2D eigenvalue weighted by Gasteiger charge is -1.95. The van der Waals surface area contributed by atoms with Gasteiger partial charge in [0.15, 0.2) is 0 Å². The third kappa shape index (κ3) is 2.95. The standard InChI is InChI=1S/C8H7ClOS/c9-7-1-3-8(4-2-7)11-6-5-10/h1-5H,6H2. The Kier molecular flexibility index (Phi) is 3.46. The second-order valence-electron chi connectivity index (χ2n) is 1.93. The fraction of sp³-hybridized carbons (Fsp3) is 0.125. The molecule has 3 heteroatoms. The van der Waals surface area contributed by atoms with E-state index >= 15 is 0 Å². The predicted molar refractivity (Wildman–Crippen MR) is 48.2 cm³/mol. The molecule has 0 amide bonds. The second-order valence-corrected chi connectivity index (χ2v) is 3.46. The number of thioether (sulfide) groups is 1. The predicted octanol–water partition coefficient (Wildman–Crippen LogP) is 2.63. The Morgan fingerprint density at radius 3 is 2.55 bits per heavy atom. The Bertz CT molecular complexity index is 232. The number of carbonyl (C=O) groups is 1. The fourth-order valence-corrected chi connectivity index (χ4v) is 1.38. The Labute approximate surface area is 74.7 Å². The summed E-state index contributed by atoms with van der Waals surface area (Å²) in [5.74, 6) is 0.502. The minimum Gasteiger partial charge on any atom is -0.302 e. The smallest absolute Gasteiger partial charge is 0.130 e. The van der Waals surface area contributed by atoms with Crippen molar-refractivity contribution in [2.24, 2.45) is 0 Å². The first-order chi connectivity index (χ1) is 5.33. The van der Waals surface area contributed by atoms with Crippen LogP contribution in [-0.4, -0.2) is 12.0 Å². The normalized spacial score (nSPS) is 9.55. The van der Waals surface area contributed by atoms with Crippen molar-refractivity contribution >= 4 is 29.6 Å². The molecule has 0 aromatic heterocycles. The van der Waals surface area contributed by atoms with Gasteiger partial charge in [0.1, 0.15) is 6.29 Å². The molecule has 1 aromatic rings. The maximum atomic E-state index is 10.00. The summed E-state index contributed by atoms with van der Waals surface area (Å²) in [7, 11) is 0. The van der Waals surface area contributed by atoms with Gasteiger partial charge in [0.25, 0.3) is 0 Å². The van der Waals surface area contributed by atoms with Crippen LogP contribution in [-0.2, 0) is 4.79 Å². The van der Waals surface area contributed by atoms with Crippen molar-refractivity contribution < 1.29 is 4.79 Å². The monoisotopic (exact) mass is 186 g/mol. The summed E-state index contributed by atoms with van der Waals surface area (Å²) < 4.78 is 0. The van der Waals surface area contributed by atoms with E-state index in [2.05, 4.69) is 0 Å². The van der Waals surface area contributed by atoms with Crippen LogP contribution in [0.4, 0.5) is 0 Å². The van der Waals surface area contributed by atoms with Crippen LogP contribution in [0, 0.1) is 0 Å². The number of aldehydes is 1. The third-order valence-electron chi connectivity index (χ3n) is 1.13. The molecule has 0 spiro atoms. The van der Waals surface area contributed by atoms with E-state index in [0.29, 0.717) is 5.75 Å². The van der Waals surface area contributed by atoms with Gasteiger partial charge >= 0.3 is 0 Å². The van der Waals surface area contributed by atoms with E-state index in [0.717, 1.165) is 16.2 Å². The van der Waals surface area contributed by atoms with E-state index < -0.39 is 0 Å². The lowest BCUT2D eigenvalue weighted by Crippen LogP contribution is -1.77. The van der Waals surface area contributed by atoms with Crippen molar-refractivity contribution in [3.05, 3.63) is 29.3 Å². The van der Waals surface area contributed by atoms with Gasteiger partial charge in [0, 0.05) is 9.92 Å². The topological polar surface area (TPSA) is 17.1 Å². The van der Waals surface area contributed by atoms with Crippen molar-refractivity contribution in [1.29, 1.82) is 0 Å². The van der Waals surface area contributed by atoms with E-state index in [9.17, 15) is 4.79 Å². The lowest BCUT2D eigenvalue weighted by molar-refractivity contribution is -0.105. The zero-order valence-corrected chi connectivity index (χ0v) is 7.36. The number of hydrogen-bond acceptors (Lipinski definition) is 2. The van der Waals surface area contributed by atoms with Gasteiger partial charge in [-0.2, -0.15) is 0 Å². The molecule has 0 saturated carbocycles. The van der Waals surface area contributed by atoms with Gasteiger partial charge in [-0.25, -0.2) is 0 Å². The highest BCUT2D eigenvalue weighted by Crippen LogP contribution is 2.18. The number of carbonyl (C=O) groups excluding carboxylic acids is 1. The van der Waals surface area contributed by atoms with Crippen LogP contribution in [0.15, 0.2) is 29.2 Å². The average molecular weight is 187 g/mol. The van der Waals surface area contributed by atoms with Gasteiger partial charge in [0.2, 0.25) is 0 Å². The summed E-state index contributed by atoms with van der Waals surface area (Å²) in [6, 6.07) is 7.43. The van der Waals surface area contributed by atoms with E-state index in [1.165, 1.54) is 11.8 Å². The molecular weight excluding hydrogens is 180 g/mol. The zero-order valence-electron chi connectivity index (χ0n) is 5.79. The fourth-order valence-electron chi connectivity index (χ4n) is 0.661. The molecule has 1 nitrogen and oxygen atoms in total. The molecule has 0 aliphatic carbocycles. The Morgan fingerprint density at radius 1 is 1.36 bits per heavy atom. The van der Waals surface area contributed by atoms with Crippen LogP contribution >= 0.6 is 23.4 Å². The van der Waals surface area contributed by atoms with E-state index in [4.69, 9.17) is 11.6 Å². The van der Waals surface area contributed by atoms with Crippen LogP contribution in [0.1, 0.15) is 0 Å². The molecule has 0 heterocycles. The average Bonchev–Trinajstić information content (AvgIpc) is 2.04. The number of benzene rings is 1. The first kappa shape index (κ1) is 8.62. The quantitative estimate of drug-likeness (QED) is 0.533. The maximum Gasteiger partial charge on any atom is 0.130 e. The van der Waals surface area contributed by atoms with Gasteiger partial charge in [0.05, 0.1) is 5.75 Å². The summed E-state index contributed by atoms with van der Waals surface area (Å²) in [6.45, 7) is 0. The molecule has 0 N–H and O–H groups in total. The van der Waals surface area contributed by atoms with Crippen molar-refractivity contribution in [1.82, 2.24) is 0 Å². The Balaban J connectivity index is 2.58. The van der Waals surface area contributed by atoms with Crippen molar-refractivity contribution in [3.63, 3.8) is 0 Å². The van der Waals surface area contributed by atoms with Crippen LogP contribution < -0.4 is 0 Å². The van der Waals surface area contributed by atoms with Gasteiger partial charge < -0.3 is 4.79 Å². The minimum atomic E-state index is 0.502. The van der Waals surface area contributed by atoms with Gasteiger partial charge in [-0.15, -0.1) is 11.8 Å². The largest absolute Gasteiger partial charge is 0.302 e. The molecule has 0 fully saturated rings. The van der Waals surface area contributed by atoms with Gasteiger partial charge in [-0.05, 0) is 24.3 Å². The Morgan fingerprint density at radius 2 is 2.00 bits per heavy atom. The highest BCUT2D eigenvalue weighted by atomic mass is 35.5. The van der Waals surface area contributed by atoms with Crippen molar-refractivity contribution in [2.45, 2.75) is 4.90 Å². The van der Waals surface area contributed by atoms with Gasteiger partial charge in [-0.1, -0.05) is 11.6 Å². The first-order valence-corrected chi connectivity index (χ1v) is 4.51. The molecule has 0 unspecified atom stereocenters. The van der Waals surface area contributed by atoms with Gasteiger partial charge in [-0.3, -0.25) is 0 Å². The third-order valence-corrected chi connectivity index (χ3v) is 2.29. The minimum absolute atomic E-state index is 0.502. The highest BCUT2D eigenvalue weighted by molar-refractivity contribution is 7.99. The molecule has 11 heavy (non-hydrogen) atoms. The van der Waals surface area contributed by atoms with Crippen LogP contribution in [0.2, 0.25) is 5.02 Å². The summed E-state index contributed by atoms with van der Waals surface area (Å²) in [5, 5.41) is 0.723. The Hall–Kier alpha value is -0.470. The first-order valence-electron chi connectivity index (χ1n) is 3.15. The van der Waals surface area contributed by atoms with E-state index in [1.807, 2.05) is 24.3 Å². The summed E-state index contributed by atoms with van der Waals surface area (Å²) in [5.41, 5.74) is 0. The molecule has 0 atom stereocenters. The molecule has 0 aliphatic rings. The summed E-state index contributed by atoms with van der Waals surface area (Å²) >= 11 is 7.17. The number of hydrogen-bond donors (Lipinski definition) is 0. The van der Waals surface area contributed by atoms with Crippen molar-refractivity contribution in [3.8, 4) is 0 Å². The maximum absolute atomic E-state index is 10.00. The lowest BCUT2D eigenvalue weighted by atomic mass is 10.4.